The molecule has 0 aliphatic heterocycles. The summed E-state index contributed by atoms with van der Waals surface area (Å²) in [4.78, 5) is 10.9. The minimum atomic E-state index is -0.739. The van der Waals surface area contributed by atoms with Crippen LogP contribution in [0.3, 0.4) is 0 Å². The average Bonchev–Trinajstić information content (AvgIpc) is 2.12. The van der Waals surface area contributed by atoms with Crippen molar-refractivity contribution in [3.05, 3.63) is 34.3 Å². The van der Waals surface area contributed by atoms with Gasteiger partial charge in [-0.3, -0.25) is 4.79 Å². The molecular formula is C13H15ClO2. The third-order valence-corrected chi connectivity index (χ3v) is 3.81. The zero-order valence-corrected chi connectivity index (χ0v) is 10.0. The fourth-order valence-corrected chi connectivity index (χ4v) is 2.92. The first-order chi connectivity index (χ1) is 7.53. The van der Waals surface area contributed by atoms with Crippen LogP contribution < -0.4 is 0 Å². The van der Waals surface area contributed by atoms with E-state index in [1.165, 1.54) is 0 Å². The largest absolute Gasteiger partial charge is 0.481 e. The van der Waals surface area contributed by atoms with E-state index in [1.54, 1.807) is 0 Å². The van der Waals surface area contributed by atoms with E-state index in [2.05, 4.69) is 0 Å². The van der Waals surface area contributed by atoms with E-state index >= 15 is 0 Å². The molecule has 1 aliphatic carbocycles. The monoisotopic (exact) mass is 238 g/mol. The first kappa shape index (κ1) is 11.5. The molecule has 1 N–H and O–H groups in total. The molecule has 1 aliphatic rings. The highest BCUT2D eigenvalue weighted by Crippen LogP contribution is 2.48. The van der Waals surface area contributed by atoms with Crippen LogP contribution in [0.1, 0.15) is 36.8 Å². The number of carboxylic acids is 1. The maximum atomic E-state index is 10.9. The molecule has 1 aromatic rings. The van der Waals surface area contributed by atoms with Crippen molar-refractivity contribution in [2.24, 2.45) is 0 Å². The minimum absolute atomic E-state index is 0.190. The maximum Gasteiger partial charge on any atom is 0.304 e. The summed E-state index contributed by atoms with van der Waals surface area (Å²) in [5, 5.41) is 9.69. The summed E-state index contributed by atoms with van der Waals surface area (Å²) in [5.41, 5.74) is 1.91. The molecule has 1 aromatic carbocycles. The highest BCUT2D eigenvalue weighted by atomic mass is 35.5. The van der Waals surface area contributed by atoms with Gasteiger partial charge in [-0.2, -0.15) is 0 Å². The molecule has 0 aromatic heterocycles. The lowest BCUT2D eigenvalue weighted by atomic mass is 9.62. The Labute approximate surface area is 100 Å². The highest BCUT2D eigenvalue weighted by Gasteiger charge is 2.41. The predicted molar refractivity (Wildman–Crippen MR) is 64.0 cm³/mol. The van der Waals surface area contributed by atoms with E-state index in [0.717, 1.165) is 30.4 Å². The molecule has 0 amide bonds. The summed E-state index contributed by atoms with van der Waals surface area (Å²) < 4.78 is 0. The summed E-state index contributed by atoms with van der Waals surface area (Å²) in [7, 11) is 0. The fraction of sp³-hybridized carbons (Fsp3) is 0.462. The van der Waals surface area contributed by atoms with Crippen LogP contribution in [0.25, 0.3) is 0 Å². The van der Waals surface area contributed by atoms with Gasteiger partial charge in [-0.25, -0.2) is 0 Å². The zero-order valence-electron chi connectivity index (χ0n) is 9.29. The second-order valence-corrected chi connectivity index (χ2v) is 5.09. The van der Waals surface area contributed by atoms with Crippen molar-refractivity contribution >= 4 is 17.6 Å². The van der Waals surface area contributed by atoms with Crippen LogP contribution in [-0.4, -0.2) is 11.1 Å². The topological polar surface area (TPSA) is 37.3 Å². The molecule has 0 heterocycles. The van der Waals surface area contributed by atoms with Crippen molar-refractivity contribution in [2.45, 2.75) is 38.0 Å². The number of rotatable bonds is 3. The molecule has 3 heteroatoms. The van der Waals surface area contributed by atoms with Gasteiger partial charge in [-0.1, -0.05) is 30.2 Å². The van der Waals surface area contributed by atoms with E-state index in [4.69, 9.17) is 16.7 Å². The van der Waals surface area contributed by atoms with E-state index in [1.807, 2.05) is 25.1 Å². The van der Waals surface area contributed by atoms with E-state index in [9.17, 15) is 4.79 Å². The molecule has 0 spiro atoms. The van der Waals surface area contributed by atoms with E-state index in [-0.39, 0.29) is 11.8 Å². The van der Waals surface area contributed by atoms with Gasteiger partial charge in [0.1, 0.15) is 0 Å². The zero-order chi connectivity index (χ0) is 11.8. The molecule has 0 radical (unpaired) electrons. The molecule has 2 rings (SSSR count). The Hall–Kier alpha value is -1.02. The Morgan fingerprint density at radius 2 is 2.19 bits per heavy atom. The quantitative estimate of drug-likeness (QED) is 0.875. The second-order valence-electron chi connectivity index (χ2n) is 4.69. The normalized spacial score (nSPS) is 17.9. The number of halogens is 1. The summed E-state index contributed by atoms with van der Waals surface area (Å²) in [5.74, 6) is -0.739. The number of aliphatic carboxylic acids is 1. The lowest BCUT2D eigenvalue weighted by Crippen LogP contribution is -2.36. The van der Waals surface area contributed by atoms with Crippen LogP contribution in [0.15, 0.2) is 18.2 Å². The van der Waals surface area contributed by atoms with Gasteiger partial charge in [0.2, 0.25) is 0 Å². The third-order valence-electron chi connectivity index (χ3n) is 3.50. The Kier molecular flexibility index (Phi) is 2.94. The summed E-state index contributed by atoms with van der Waals surface area (Å²) in [6.07, 6.45) is 3.15. The maximum absolute atomic E-state index is 10.9. The smallest absolute Gasteiger partial charge is 0.304 e. The van der Waals surface area contributed by atoms with Gasteiger partial charge in [0.15, 0.2) is 0 Å². The molecule has 0 saturated heterocycles. The number of benzene rings is 1. The number of aryl methyl sites for hydroxylation is 1. The highest BCUT2D eigenvalue weighted by molar-refractivity contribution is 6.31. The predicted octanol–water partition coefficient (Wildman–Crippen LogP) is 3.54. The third kappa shape index (κ3) is 1.94. The van der Waals surface area contributed by atoms with Crippen LogP contribution in [-0.2, 0) is 10.2 Å². The van der Waals surface area contributed by atoms with Gasteiger partial charge in [0, 0.05) is 10.4 Å². The van der Waals surface area contributed by atoms with Gasteiger partial charge in [0.05, 0.1) is 6.42 Å². The number of hydrogen-bond donors (Lipinski definition) is 1. The van der Waals surface area contributed by atoms with Gasteiger partial charge in [-0.05, 0) is 37.0 Å². The van der Waals surface area contributed by atoms with Crippen molar-refractivity contribution < 1.29 is 9.90 Å². The van der Waals surface area contributed by atoms with Crippen molar-refractivity contribution in [1.82, 2.24) is 0 Å². The lowest BCUT2D eigenvalue weighted by Gasteiger charge is -2.42. The number of hydrogen-bond acceptors (Lipinski definition) is 1. The Bertz CT molecular complexity index is 422. The fourth-order valence-electron chi connectivity index (χ4n) is 2.48. The standard InChI is InChI=1S/C13H15ClO2/c1-9-3-4-10(11(14)7-9)13(5-2-6-13)8-12(15)16/h3-4,7H,2,5-6,8H2,1H3,(H,15,16). The van der Waals surface area contributed by atoms with Gasteiger partial charge >= 0.3 is 5.97 Å². The van der Waals surface area contributed by atoms with Crippen LogP contribution >= 0.6 is 11.6 Å². The first-order valence-electron chi connectivity index (χ1n) is 5.52. The Balaban J connectivity index is 2.36. The average molecular weight is 239 g/mol. The van der Waals surface area contributed by atoms with Crippen LogP contribution in [0.5, 0.6) is 0 Å². The molecule has 0 bridgehead atoms. The summed E-state index contributed by atoms with van der Waals surface area (Å²) >= 11 is 6.22. The van der Waals surface area contributed by atoms with Gasteiger partial charge in [-0.15, -0.1) is 0 Å². The first-order valence-corrected chi connectivity index (χ1v) is 5.90. The second kappa shape index (κ2) is 4.10. The molecule has 0 unspecified atom stereocenters. The van der Waals surface area contributed by atoms with Crippen LogP contribution in [0.2, 0.25) is 5.02 Å². The minimum Gasteiger partial charge on any atom is -0.481 e. The van der Waals surface area contributed by atoms with Crippen molar-refractivity contribution in [3.8, 4) is 0 Å². The van der Waals surface area contributed by atoms with Gasteiger partial charge < -0.3 is 5.11 Å². The molecule has 0 atom stereocenters. The molecule has 16 heavy (non-hydrogen) atoms. The molecule has 1 fully saturated rings. The van der Waals surface area contributed by atoms with Crippen molar-refractivity contribution in [2.75, 3.05) is 0 Å². The van der Waals surface area contributed by atoms with Crippen molar-refractivity contribution in [1.29, 1.82) is 0 Å². The summed E-state index contributed by atoms with van der Waals surface area (Å²) in [6, 6.07) is 5.90. The van der Waals surface area contributed by atoms with E-state index < -0.39 is 5.97 Å². The molecule has 1 saturated carbocycles. The van der Waals surface area contributed by atoms with Crippen LogP contribution in [0.4, 0.5) is 0 Å². The summed E-state index contributed by atoms with van der Waals surface area (Å²) in [6.45, 7) is 1.99. The lowest BCUT2D eigenvalue weighted by molar-refractivity contribution is -0.139. The van der Waals surface area contributed by atoms with Gasteiger partial charge in [0.25, 0.3) is 0 Å². The Morgan fingerprint density at radius 1 is 1.50 bits per heavy atom. The van der Waals surface area contributed by atoms with E-state index in [0.29, 0.717) is 5.02 Å². The molecule has 86 valence electrons. The molecular weight excluding hydrogens is 224 g/mol. The number of carbonyl (C=O) groups is 1. The van der Waals surface area contributed by atoms with Crippen LogP contribution in [0, 0.1) is 6.92 Å². The number of carboxylic acid groups (broad SMARTS) is 1. The SMILES string of the molecule is Cc1ccc(C2(CC(=O)O)CCC2)c(Cl)c1. The van der Waals surface area contributed by atoms with Crippen molar-refractivity contribution in [3.63, 3.8) is 0 Å². The molecule has 2 nitrogen and oxygen atoms in total. The Morgan fingerprint density at radius 3 is 2.62 bits per heavy atom.